The monoisotopic (exact) mass is 286 g/mol. The van der Waals surface area contributed by atoms with Gasteiger partial charge in [-0.15, -0.1) is 0 Å². The molecule has 0 aliphatic carbocycles. The van der Waals surface area contributed by atoms with Gasteiger partial charge in [-0.25, -0.2) is 12.8 Å². The van der Waals surface area contributed by atoms with Crippen molar-refractivity contribution in [1.29, 1.82) is 0 Å². The Labute approximate surface area is 113 Å². The maximum absolute atomic E-state index is 13.2. The van der Waals surface area contributed by atoms with E-state index in [2.05, 4.69) is 6.92 Å². The van der Waals surface area contributed by atoms with Crippen LogP contribution < -0.4 is 5.73 Å². The van der Waals surface area contributed by atoms with Gasteiger partial charge < -0.3 is 5.73 Å². The number of nitrogens with two attached hydrogens (primary N) is 1. The van der Waals surface area contributed by atoms with Gasteiger partial charge in [-0.3, -0.25) is 0 Å². The molecule has 1 atom stereocenters. The first-order valence-electron chi connectivity index (χ1n) is 6.46. The minimum Gasteiger partial charge on any atom is -0.398 e. The van der Waals surface area contributed by atoms with Gasteiger partial charge in [0.05, 0.1) is 5.69 Å². The van der Waals surface area contributed by atoms with E-state index in [4.69, 9.17) is 5.73 Å². The van der Waals surface area contributed by atoms with E-state index in [-0.39, 0.29) is 10.6 Å². The van der Waals surface area contributed by atoms with E-state index < -0.39 is 15.8 Å². The van der Waals surface area contributed by atoms with Crippen molar-refractivity contribution < 1.29 is 12.8 Å². The van der Waals surface area contributed by atoms with Crippen molar-refractivity contribution in [2.45, 2.75) is 31.1 Å². The summed E-state index contributed by atoms with van der Waals surface area (Å²) >= 11 is 0. The Morgan fingerprint density at radius 2 is 2.05 bits per heavy atom. The number of halogens is 1. The van der Waals surface area contributed by atoms with Crippen LogP contribution >= 0.6 is 0 Å². The molecule has 0 radical (unpaired) electrons. The number of nitrogens with zero attached hydrogens (tertiary/aromatic N) is 1. The van der Waals surface area contributed by atoms with Crippen molar-refractivity contribution >= 4 is 15.7 Å². The summed E-state index contributed by atoms with van der Waals surface area (Å²) in [7, 11) is -3.69. The van der Waals surface area contributed by atoms with Crippen molar-refractivity contribution in [3.63, 3.8) is 0 Å². The molecule has 0 amide bonds. The summed E-state index contributed by atoms with van der Waals surface area (Å²) in [6.07, 6.45) is 2.68. The first-order valence-corrected chi connectivity index (χ1v) is 7.90. The zero-order valence-corrected chi connectivity index (χ0v) is 11.8. The van der Waals surface area contributed by atoms with E-state index in [0.29, 0.717) is 19.0 Å². The predicted molar refractivity (Wildman–Crippen MR) is 72.6 cm³/mol. The van der Waals surface area contributed by atoms with E-state index in [1.165, 1.54) is 16.4 Å². The fraction of sp³-hybridized carbons (Fsp3) is 0.538. The Kier molecular flexibility index (Phi) is 4.10. The molecular weight excluding hydrogens is 267 g/mol. The number of hydrogen-bond acceptors (Lipinski definition) is 3. The standard InChI is InChI=1S/C13H19FN2O2S/c1-10-3-2-7-16(8-6-10)19(17,18)13-9-11(14)4-5-12(13)15/h4-5,9-10H,2-3,6-8,15H2,1H3. The average molecular weight is 286 g/mol. The van der Waals surface area contributed by atoms with Gasteiger partial charge in [-0.1, -0.05) is 6.92 Å². The summed E-state index contributed by atoms with van der Waals surface area (Å²) in [6.45, 7) is 3.06. The van der Waals surface area contributed by atoms with E-state index in [1.54, 1.807) is 0 Å². The minimum atomic E-state index is -3.69. The Morgan fingerprint density at radius 1 is 1.32 bits per heavy atom. The lowest BCUT2D eigenvalue weighted by molar-refractivity contribution is 0.416. The van der Waals surface area contributed by atoms with Gasteiger partial charge in [0.2, 0.25) is 10.0 Å². The highest BCUT2D eigenvalue weighted by molar-refractivity contribution is 7.89. The third-order valence-corrected chi connectivity index (χ3v) is 5.52. The Morgan fingerprint density at radius 3 is 2.79 bits per heavy atom. The molecule has 6 heteroatoms. The molecule has 0 aromatic heterocycles. The van der Waals surface area contributed by atoms with E-state index in [0.717, 1.165) is 25.3 Å². The molecule has 106 valence electrons. The van der Waals surface area contributed by atoms with Gasteiger partial charge >= 0.3 is 0 Å². The molecule has 1 unspecified atom stereocenters. The van der Waals surface area contributed by atoms with Gasteiger partial charge in [-0.05, 0) is 43.4 Å². The van der Waals surface area contributed by atoms with E-state index >= 15 is 0 Å². The molecule has 1 aliphatic heterocycles. The number of nitrogen functional groups attached to an aromatic ring is 1. The molecule has 0 spiro atoms. The lowest BCUT2D eigenvalue weighted by Gasteiger charge is -2.21. The van der Waals surface area contributed by atoms with Gasteiger partial charge in [-0.2, -0.15) is 4.31 Å². The van der Waals surface area contributed by atoms with Crippen LogP contribution in [-0.4, -0.2) is 25.8 Å². The molecular formula is C13H19FN2O2S. The zero-order valence-electron chi connectivity index (χ0n) is 11.0. The summed E-state index contributed by atoms with van der Waals surface area (Å²) in [6, 6.07) is 3.46. The largest absolute Gasteiger partial charge is 0.398 e. The number of anilines is 1. The molecule has 1 aromatic rings. The second-order valence-corrected chi connectivity index (χ2v) is 7.03. The third-order valence-electron chi connectivity index (χ3n) is 3.57. The number of sulfonamides is 1. The molecule has 4 nitrogen and oxygen atoms in total. The molecule has 19 heavy (non-hydrogen) atoms. The van der Waals surface area contributed by atoms with Crippen molar-refractivity contribution in [3.05, 3.63) is 24.0 Å². The average Bonchev–Trinajstić information content (AvgIpc) is 2.57. The first kappa shape index (κ1) is 14.3. The van der Waals surface area contributed by atoms with Crippen LogP contribution in [0.2, 0.25) is 0 Å². The van der Waals surface area contributed by atoms with Crippen molar-refractivity contribution in [2.24, 2.45) is 5.92 Å². The Balaban J connectivity index is 2.33. The molecule has 2 N–H and O–H groups in total. The van der Waals surface area contributed by atoms with Crippen molar-refractivity contribution in [1.82, 2.24) is 4.31 Å². The smallest absolute Gasteiger partial charge is 0.245 e. The summed E-state index contributed by atoms with van der Waals surface area (Å²) in [5.41, 5.74) is 5.77. The molecule has 1 aliphatic rings. The molecule has 1 saturated heterocycles. The zero-order chi connectivity index (χ0) is 14.0. The van der Waals surface area contributed by atoms with Gasteiger partial charge in [0.15, 0.2) is 0 Å². The van der Waals surface area contributed by atoms with Crippen LogP contribution in [0.25, 0.3) is 0 Å². The van der Waals surface area contributed by atoms with Crippen LogP contribution in [0.5, 0.6) is 0 Å². The lowest BCUT2D eigenvalue weighted by Crippen LogP contribution is -2.32. The quantitative estimate of drug-likeness (QED) is 0.848. The number of hydrogen-bond donors (Lipinski definition) is 1. The molecule has 1 fully saturated rings. The molecule has 0 bridgehead atoms. The fourth-order valence-corrected chi connectivity index (χ4v) is 3.97. The van der Waals surface area contributed by atoms with Crippen LogP contribution in [0, 0.1) is 11.7 Å². The fourth-order valence-electron chi connectivity index (χ4n) is 2.35. The normalized spacial score (nSPS) is 22.1. The second-order valence-electron chi connectivity index (χ2n) is 5.12. The Bertz CT molecular complexity index is 560. The van der Waals surface area contributed by atoms with E-state index in [9.17, 15) is 12.8 Å². The maximum Gasteiger partial charge on any atom is 0.245 e. The highest BCUT2D eigenvalue weighted by Gasteiger charge is 2.28. The molecule has 1 aromatic carbocycles. The highest BCUT2D eigenvalue weighted by atomic mass is 32.2. The maximum atomic E-state index is 13.2. The summed E-state index contributed by atoms with van der Waals surface area (Å²) in [5.74, 6) is -0.0685. The molecule has 2 rings (SSSR count). The van der Waals surface area contributed by atoms with E-state index in [1.807, 2.05) is 0 Å². The SMILES string of the molecule is CC1CCCN(S(=O)(=O)c2cc(F)ccc2N)CC1. The number of benzene rings is 1. The topological polar surface area (TPSA) is 63.4 Å². The summed E-state index contributed by atoms with van der Waals surface area (Å²) in [4.78, 5) is -0.123. The van der Waals surface area contributed by atoms with Crippen molar-refractivity contribution in [3.8, 4) is 0 Å². The van der Waals surface area contributed by atoms with Crippen LogP contribution in [0.4, 0.5) is 10.1 Å². The highest BCUT2D eigenvalue weighted by Crippen LogP contribution is 2.26. The number of rotatable bonds is 2. The second kappa shape index (κ2) is 5.46. The van der Waals surface area contributed by atoms with Gasteiger partial charge in [0, 0.05) is 13.1 Å². The molecule has 1 heterocycles. The van der Waals surface area contributed by atoms with Crippen LogP contribution in [0.3, 0.4) is 0 Å². The lowest BCUT2D eigenvalue weighted by atomic mass is 10.0. The van der Waals surface area contributed by atoms with Gasteiger partial charge in [0.25, 0.3) is 0 Å². The predicted octanol–water partition coefficient (Wildman–Crippen LogP) is 2.22. The summed E-state index contributed by atoms with van der Waals surface area (Å²) in [5, 5.41) is 0. The van der Waals surface area contributed by atoms with Crippen LogP contribution in [-0.2, 0) is 10.0 Å². The van der Waals surface area contributed by atoms with Gasteiger partial charge in [0.1, 0.15) is 10.7 Å². The summed E-state index contributed by atoms with van der Waals surface area (Å²) < 4.78 is 39.7. The van der Waals surface area contributed by atoms with Crippen LogP contribution in [0.15, 0.2) is 23.1 Å². The minimum absolute atomic E-state index is 0.0960. The van der Waals surface area contributed by atoms with Crippen molar-refractivity contribution in [2.75, 3.05) is 18.8 Å². The first-order chi connectivity index (χ1) is 8.91. The third kappa shape index (κ3) is 3.06. The Hall–Kier alpha value is -1.14. The van der Waals surface area contributed by atoms with Crippen LogP contribution in [0.1, 0.15) is 26.2 Å². The molecule has 0 saturated carbocycles.